The first-order valence-corrected chi connectivity index (χ1v) is 7.60. The van der Waals surface area contributed by atoms with Crippen LogP contribution in [0.25, 0.3) is 10.9 Å². The lowest BCUT2D eigenvalue weighted by molar-refractivity contribution is -0.141. The number of benzene rings is 1. The lowest BCUT2D eigenvalue weighted by atomic mass is 10.1. The molecule has 1 heterocycles. The summed E-state index contributed by atoms with van der Waals surface area (Å²) in [4.78, 5) is 35.6. The Morgan fingerprint density at radius 3 is 2.70 bits per heavy atom. The van der Waals surface area contributed by atoms with E-state index in [1.54, 1.807) is 19.2 Å². The van der Waals surface area contributed by atoms with Crippen LogP contribution < -0.4 is 10.9 Å². The summed E-state index contributed by atoms with van der Waals surface area (Å²) in [6.07, 6.45) is 1.65. The topological polar surface area (TPSA) is 88.4 Å². The second-order valence-corrected chi connectivity index (χ2v) is 5.99. The van der Waals surface area contributed by atoms with Crippen molar-refractivity contribution in [2.45, 2.75) is 25.3 Å². The predicted molar refractivity (Wildman–Crippen MR) is 85.4 cm³/mol. The average Bonchev–Trinajstić information content (AvgIpc) is 2.99. The molecule has 6 heteroatoms. The van der Waals surface area contributed by atoms with Crippen molar-refractivity contribution in [2.75, 3.05) is 0 Å². The van der Waals surface area contributed by atoms with E-state index in [0.29, 0.717) is 35.7 Å². The Balaban J connectivity index is 1.89. The van der Waals surface area contributed by atoms with E-state index in [1.165, 1.54) is 10.6 Å². The Morgan fingerprint density at radius 1 is 1.26 bits per heavy atom. The number of nitrogens with one attached hydrogen (secondary N) is 1. The van der Waals surface area contributed by atoms with Crippen LogP contribution in [-0.4, -0.2) is 27.6 Å². The number of para-hydroxylation sites is 1. The molecule has 0 aliphatic heterocycles. The number of fused-ring (bicyclic) bond motifs is 1. The fraction of sp³-hybridized carbons (Fsp3) is 0.353. The normalized spacial score (nSPS) is 20.6. The van der Waals surface area contributed by atoms with Crippen molar-refractivity contribution in [3.8, 4) is 0 Å². The highest BCUT2D eigenvalue weighted by atomic mass is 16.4. The fourth-order valence-electron chi connectivity index (χ4n) is 3.20. The molecule has 3 rings (SSSR count). The molecule has 2 N–H and O–H groups in total. The maximum atomic E-state index is 12.5. The van der Waals surface area contributed by atoms with Gasteiger partial charge in [-0.1, -0.05) is 18.2 Å². The highest BCUT2D eigenvalue weighted by Crippen LogP contribution is 2.26. The first kappa shape index (κ1) is 15.3. The summed E-state index contributed by atoms with van der Waals surface area (Å²) in [5.41, 5.74) is 0.783. The van der Waals surface area contributed by atoms with Gasteiger partial charge in [0, 0.05) is 24.5 Å². The van der Waals surface area contributed by atoms with Crippen LogP contribution in [0.2, 0.25) is 0 Å². The number of hydrogen-bond acceptors (Lipinski definition) is 3. The predicted octanol–water partition coefficient (Wildman–Crippen LogP) is 1.52. The van der Waals surface area contributed by atoms with Crippen LogP contribution in [0.1, 0.15) is 29.6 Å². The van der Waals surface area contributed by atoms with Gasteiger partial charge in [-0.3, -0.25) is 14.4 Å². The van der Waals surface area contributed by atoms with Crippen LogP contribution in [-0.2, 0) is 11.8 Å². The van der Waals surface area contributed by atoms with Gasteiger partial charge in [-0.05, 0) is 25.3 Å². The maximum absolute atomic E-state index is 12.5. The zero-order valence-electron chi connectivity index (χ0n) is 12.8. The molecular weight excluding hydrogens is 296 g/mol. The Labute approximate surface area is 132 Å². The number of aliphatic carboxylic acids is 1. The van der Waals surface area contributed by atoms with E-state index in [0.717, 1.165) is 0 Å². The molecule has 1 aliphatic carbocycles. The number of aryl methyl sites for hydroxylation is 1. The van der Waals surface area contributed by atoms with Gasteiger partial charge in [-0.15, -0.1) is 0 Å². The van der Waals surface area contributed by atoms with Crippen molar-refractivity contribution in [3.05, 3.63) is 46.2 Å². The second-order valence-electron chi connectivity index (χ2n) is 5.99. The van der Waals surface area contributed by atoms with Crippen LogP contribution in [0.15, 0.2) is 35.1 Å². The molecule has 1 saturated carbocycles. The number of rotatable bonds is 3. The number of nitrogens with zero attached hydrogens (tertiary/aromatic N) is 1. The Bertz CT molecular complexity index is 840. The van der Waals surface area contributed by atoms with Gasteiger partial charge in [0.2, 0.25) is 0 Å². The Morgan fingerprint density at radius 2 is 2.00 bits per heavy atom. The van der Waals surface area contributed by atoms with Gasteiger partial charge in [-0.25, -0.2) is 0 Å². The van der Waals surface area contributed by atoms with E-state index in [-0.39, 0.29) is 17.5 Å². The molecule has 1 aromatic carbocycles. The standard InChI is InChI=1S/C17H18N2O4/c1-19-14-5-3-2-4-12(14)13(9-15(19)20)16(21)18-11-7-6-10(8-11)17(22)23/h2-5,9-11H,6-8H2,1H3,(H,18,21)(H,22,23)/t10-,11+/m0/s1. The molecule has 2 atom stereocenters. The second kappa shape index (κ2) is 5.87. The minimum atomic E-state index is -0.819. The molecule has 1 fully saturated rings. The molecule has 0 radical (unpaired) electrons. The molecule has 120 valence electrons. The van der Waals surface area contributed by atoms with Crippen molar-refractivity contribution in [1.29, 1.82) is 0 Å². The fourth-order valence-corrected chi connectivity index (χ4v) is 3.20. The summed E-state index contributed by atoms with van der Waals surface area (Å²) in [5.74, 6) is -1.54. The third-order valence-corrected chi connectivity index (χ3v) is 4.52. The molecule has 0 spiro atoms. The minimum Gasteiger partial charge on any atom is -0.481 e. The molecule has 0 bridgehead atoms. The SMILES string of the molecule is Cn1c(=O)cc(C(=O)N[C@@H]2CC[C@H](C(=O)O)C2)c2ccccc21. The van der Waals surface area contributed by atoms with Gasteiger partial charge in [0.15, 0.2) is 0 Å². The van der Waals surface area contributed by atoms with E-state index < -0.39 is 11.9 Å². The van der Waals surface area contributed by atoms with E-state index in [2.05, 4.69) is 5.32 Å². The molecule has 1 amide bonds. The minimum absolute atomic E-state index is 0.161. The molecule has 6 nitrogen and oxygen atoms in total. The summed E-state index contributed by atoms with van der Waals surface area (Å²) in [7, 11) is 1.67. The number of aromatic nitrogens is 1. The third-order valence-electron chi connectivity index (χ3n) is 4.52. The van der Waals surface area contributed by atoms with Gasteiger partial charge in [0.05, 0.1) is 17.0 Å². The van der Waals surface area contributed by atoms with Gasteiger partial charge in [0.25, 0.3) is 11.5 Å². The monoisotopic (exact) mass is 314 g/mol. The number of carboxylic acid groups (broad SMARTS) is 1. The molecule has 1 aromatic heterocycles. The van der Waals surface area contributed by atoms with E-state index in [9.17, 15) is 14.4 Å². The van der Waals surface area contributed by atoms with Crippen LogP contribution in [0, 0.1) is 5.92 Å². The van der Waals surface area contributed by atoms with Crippen LogP contribution in [0.4, 0.5) is 0 Å². The summed E-state index contributed by atoms with van der Waals surface area (Å²) in [6.45, 7) is 0. The van der Waals surface area contributed by atoms with E-state index in [1.807, 2.05) is 12.1 Å². The van der Waals surface area contributed by atoms with E-state index in [4.69, 9.17) is 5.11 Å². The van der Waals surface area contributed by atoms with Gasteiger partial charge in [0.1, 0.15) is 0 Å². The zero-order valence-corrected chi connectivity index (χ0v) is 12.8. The Kier molecular flexibility index (Phi) is 3.90. The van der Waals surface area contributed by atoms with Crippen molar-refractivity contribution < 1.29 is 14.7 Å². The lowest BCUT2D eigenvalue weighted by Gasteiger charge is -2.14. The summed E-state index contributed by atoms with van der Waals surface area (Å²) in [5, 5.41) is 12.6. The molecule has 1 aliphatic rings. The van der Waals surface area contributed by atoms with Crippen LogP contribution in [0.3, 0.4) is 0 Å². The molecule has 0 saturated heterocycles. The zero-order chi connectivity index (χ0) is 16.6. The maximum Gasteiger partial charge on any atom is 0.306 e. The molecule has 2 aromatic rings. The van der Waals surface area contributed by atoms with E-state index >= 15 is 0 Å². The van der Waals surface area contributed by atoms with Crippen molar-refractivity contribution in [2.24, 2.45) is 13.0 Å². The molecular formula is C17H18N2O4. The van der Waals surface area contributed by atoms with Crippen molar-refractivity contribution >= 4 is 22.8 Å². The number of amides is 1. The smallest absolute Gasteiger partial charge is 0.306 e. The van der Waals surface area contributed by atoms with Gasteiger partial charge < -0.3 is 15.0 Å². The number of pyridine rings is 1. The summed E-state index contributed by atoms with van der Waals surface area (Å²) >= 11 is 0. The first-order chi connectivity index (χ1) is 11.0. The quantitative estimate of drug-likeness (QED) is 0.899. The molecule has 23 heavy (non-hydrogen) atoms. The first-order valence-electron chi connectivity index (χ1n) is 7.60. The number of hydrogen-bond donors (Lipinski definition) is 2. The highest BCUT2D eigenvalue weighted by molar-refractivity contribution is 6.06. The highest BCUT2D eigenvalue weighted by Gasteiger charge is 2.31. The van der Waals surface area contributed by atoms with Crippen molar-refractivity contribution in [3.63, 3.8) is 0 Å². The number of carbonyl (C=O) groups is 2. The van der Waals surface area contributed by atoms with Gasteiger partial charge >= 0.3 is 5.97 Å². The van der Waals surface area contributed by atoms with Crippen LogP contribution >= 0.6 is 0 Å². The average molecular weight is 314 g/mol. The number of carbonyl (C=O) groups excluding carboxylic acids is 1. The van der Waals surface area contributed by atoms with Crippen LogP contribution in [0.5, 0.6) is 0 Å². The van der Waals surface area contributed by atoms with Crippen molar-refractivity contribution in [1.82, 2.24) is 9.88 Å². The summed E-state index contributed by atoms with van der Waals surface area (Å²) in [6, 6.07) is 8.41. The van der Waals surface area contributed by atoms with Gasteiger partial charge in [-0.2, -0.15) is 0 Å². The summed E-state index contributed by atoms with van der Waals surface area (Å²) < 4.78 is 1.50. The largest absolute Gasteiger partial charge is 0.481 e. The Hall–Kier alpha value is -2.63. The third kappa shape index (κ3) is 2.84. The molecule has 0 unspecified atom stereocenters. The lowest BCUT2D eigenvalue weighted by Crippen LogP contribution is -2.34. The number of carboxylic acids is 1.